The van der Waals surface area contributed by atoms with Crippen molar-refractivity contribution in [1.29, 1.82) is 0 Å². The van der Waals surface area contributed by atoms with Crippen LogP contribution in [0.25, 0.3) is 10.9 Å². The maximum absolute atomic E-state index is 12.2. The summed E-state index contributed by atoms with van der Waals surface area (Å²) < 4.78 is 12.3. The standard InChI is InChI=1S/C20H18N4O6/c25-17(9-10-24-13-6-2-1-5-12(13)18(26)21-20(24)28)22-23-19(27)16-11-29-14-7-3-4-8-15(14)30-16/h1-8,16H,9-11H2,(H,22,25)(H,23,27)(H,21,26,28). The van der Waals surface area contributed by atoms with Crippen LogP contribution in [0.1, 0.15) is 6.42 Å². The van der Waals surface area contributed by atoms with Crippen LogP contribution in [-0.4, -0.2) is 34.1 Å². The van der Waals surface area contributed by atoms with E-state index in [1.807, 2.05) is 0 Å². The highest BCUT2D eigenvalue weighted by Gasteiger charge is 2.27. The molecule has 3 aromatic rings. The molecule has 0 fully saturated rings. The van der Waals surface area contributed by atoms with E-state index >= 15 is 0 Å². The number of aromatic nitrogens is 2. The second kappa shape index (κ2) is 8.11. The number of hydrazine groups is 1. The van der Waals surface area contributed by atoms with Gasteiger partial charge in [0.15, 0.2) is 11.5 Å². The van der Waals surface area contributed by atoms with Crippen LogP contribution in [-0.2, 0) is 16.1 Å². The predicted molar refractivity (Wildman–Crippen MR) is 106 cm³/mol. The van der Waals surface area contributed by atoms with E-state index in [9.17, 15) is 19.2 Å². The minimum absolute atomic E-state index is 0.0114. The molecule has 0 bridgehead atoms. The Morgan fingerprint density at radius 1 is 1.03 bits per heavy atom. The number of ether oxygens (including phenoxy) is 2. The van der Waals surface area contributed by atoms with Crippen molar-refractivity contribution in [1.82, 2.24) is 20.4 Å². The van der Waals surface area contributed by atoms with Crippen LogP contribution >= 0.6 is 0 Å². The summed E-state index contributed by atoms with van der Waals surface area (Å²) in [6.07, 6.45) is -1.01. The monoisotopic (exact) mass is 410 g/mol. The third-order valence-electron chi connectivity index (χ3n) is 4.59. The maximum atomic E-state index is 12.2. The van der Waals surface area contributed by atoms with Crippen molar-refractivity contribution in [2.24, 2.45) is 0 Å². The molecule has 1 aromatic heterocycles. The number of aryl methyl sites for hydroxylation is 1. The fourth-order valence-electron chi connectivity index (χ4n) is 3.10. The van der Waals surface area contributed by atoms with Gasteiger partial charge < -0.3 is 9.47 Å². The summed E-state index contributed by atoms with van der Waals surface area (Å²) in [5, 5.41) is 0.348. The van der Waals surface area contributed by atoms with E-state index in [1.165, 1.54) is 4.57 Å². The van der Waals surface area contributed by atoms with Gasteiger partial charge in [0, 0.05) is 13.0 Å². The van der Waals surface area contributed by atoms with Crippen molar-refractivity contribution in [2.45, 2.75) is 19.1 Å². The summed E-state index contributed by atoms with van der Waals surface area (Å²) in [6.45, 7) is 0.0335. The molecule has 1 unspecified atom stereocenters. The Kier molecular flexibility index (Phi) is 5.21. The Morgan fingerprint density at radius 2 is 1.77 bits per heavy atom. The summed E-state index contributed by atoms with van der Waals surface area (Å²) in [5.41, 5.74) is 3.91. The van der Waals surface area contributed by atoms with E-state index in [1.54, 1.807) is 48.5 Å². The molecule has 1 aliphatic rings. The lowest BCUT2D eigenvalue weighted by molar-refractivity contribution is -0.135. The average Bonchev–Trinajstić information content (AvgIpc) is 2.77. The molecule has 10 heteroatoms. The molecule has 1 atom stereocenters. The van der Waals surface area contributed by atoms with Crippen LogP contribution in [0.3, 0.4) is 0 Å². The zero-order valence-corrected chi connectivity index (χ0v) is 15.7. The number of carbonyl (C=O) groups is 2. The Labute approximate surface area is 169 Å². The van der Waals surface area contributed by atoms with Crippen LogP contribution in [0.2, 0.25) is 0 Å². The molecule has 0 spiro atoms. The summed E-state index contributed by atoms with van der Waals surface area (Å²) in [7, 11) is 0. The Bertz CT molecular complexity index is 1230. The first kappa shape index (κ1) is 19.2. The Balaban J connectivity index is 1.34. The lowest BCUT2D eigenvalue weighted by atomic mass is 10.2. The number of fused-ring (bicyclic) bond motifs is 2. The van der Waals surface area contributed by atoms with Gasteiger partial charge in [-0.1, -0.05) is 24.3 Å². The zero-order chi connectivity index (χ0) is 21.1. The first-order valence-corrected chi connectivity index (χ1v) is 9.22. The number of para-hydroxylation sites is 3. The van der Waals surface area contributed by atoms with E-state index in [-0.39, 0.29) is 19.6 Å². The number of nitrogens with zero attached hydrogens (tertiary/aromatic N) is 1. The molecular weight excluding hydrogens is 392 g/mol. The summed E-state index contributed by atoms with van der Waals surface area (Å²) in [5.74, 6) is -0.0872. The molecule has 2 aromatic carbocycles. The summed E-state index contributed by atoms with van der Waals surface area (Å²) in [6, 6.07) is 13.6. The highest BCUT2D eigenvalue weighted by Crippen LogP contribution is 2.30. The topological polar surface area (TPSA) is 132 Å². The molecule has 0 saturated heterocycles. The number of rotatable bonds is 4. The third kappa shape index (κ3) is 3.88. The van der Waals surface area contributed by atoms with E-state index in [2.05, 4.69) is 15.8 Å². The first-order chi connectivity index (χ1) is 14.5. The number of carbonyl (C=O) groups excluding carboxylic acids is 2. The minimum atomic E-state index is -0.911. The van der Waals surface area contributed by atoms with Crippen molar-refractivity contribution in [3.63, 3.8) is 0 Å². The molecule has 4 rings (SSSR count). The van der Waals surface area contributed by atoms with E-state index in [0.717, 1.165) is 0 Å². The minimum Gasteiger partial charge on any atom is -0.485 e. The van der Waals surface area contributed by atoms with Crippen LogP contribution in [0, 0.1) is 0 Å². The van der Waals surface area contributed by atoms with Crippen molar-refractivity contribution in [3.8, 4) is 11.5 Å². The van der Waals surface area contributed by atoms with Gasteiger partial charge in [-0.3, -0.25) is 34.8 Å². The SMILES string of the molecule is O=C(CCn1c(=O)[nH]c(=O)c2ccccc21)NNC(=O)C1COc2ccccc2O1. The summed E-state index contributed by atoms with van der Waals surface area (Å²) in [4.78, 5) is 50.6. The Morgan fingerprint density at radius 3 is 2.60 bits per heavy atom. The second-order valence-corrected chi connectivity index (χ2v) is 6.58. The van der Waals surface area contributed by atoms with Gasteiger partial charge in [-0.15, -0.1) is 0 Å². The van der Waals surface area contributed by atoms with Crippen LogP contribution in [0.5, 0.6) is 11.5 Å². The van der Waals surface area contributed by atoms with Crippen LogP contribution in [0.15, 0.2) is 58.1 Å². The number of amides is 2. The van der Waals surface area contributed by atoms with Gasteiger partial charge in [-0.25, -0.2) is 4.79 Å². The quantitative estimate of drug-likeness (QED) is 0.522. The van der Waals surface area contributed by atoms with E-state index < -0.39 is 29.2 Å². The molecule has 2 amide bonds. The molecule has 30 heavy (non-hydrogen) atoms. The van der Waals surface area contributed by atoms with Crippen molar-refractivity contribution >= 4 is 22.7 Å². The van der Waals surface area contributed by atoms with Gasteiger partial charge in [-0.2, -0.15) is 0 Å². The first-order valence-electron chi connectivity index (χ1n) is 9.22. The molecule has 0 aliphatic carbocycles. The highest BCUT2D eigenvalue weighted by molar-refractivity contribution is 5.85. The van der Waals surface area contributed by atoms with Crippen molar-refractivity contribution in [3.05, 3.63) is 69.4 Å². The van der Waals surface area contributed by atoms with E-state index in [4.69, 9.17) is 9.47 Å². The van der Waals surface area contributed by atoms with Crippen LogP contribution in [0.4, 0.5) is 0 Å². The van der Waals surface area contributed by atoms with Crippen molar-refractivity contribution < 1.29 is 19.1 Å². The fourth-order valence-corrected chi connectivity index (χ4v) is 3.10. The maximum Gasteiger partial charge on any atom is 0.328 e. The van der Waals surface area contributed by atoms with E-state index in [0.29, 0.717) is 22.4 Å². The predicted octanol–water partition coefficient (Wildman–Crippen LogP) is 0.0673. The number of hydrogen-bond acceptors (Lipinski definition) is 6. The lowest BCUT2D eigenvalue weighted by Gasteiger charge is -2.25. The number of H-pyrrole nitrogens is 1. The zero-order valence-electron chi connectivity index (χ0n) is 15.7. The third-order valence-corrected chi connectivity index (χ3v) is 4.59. The van der Waals surface area contributed by atoms with Gasteiger partial charge >= 0.3 is 5.69 Å². The average molecular weight is 410 g/mol. The number of benzene rings is 2. The molecule has 1 aliphatic heterocycles. The molecule has 3 N–H and O–H groups in total. The molecule has 154 valence electrons. The van der Waals surface area contributed by atoms with Gasteiger partial charge in [0.1, 0.15) is 6.61 Å². The van der Waals surface area contributed by atoms with Crippen molar-refractivity contribution in [2.75, 3.05) is 6.61 Å². The number of hydrogen-bond donors (Lipinski definition) is 3. The number of aromatic amines is 1. The molecular formula is C20H18N4O6. The molecule has 2 heterocycles. The molecule has 10 nitrogen and oxygen atoms in total. The van der Waals surface area contributed by atoms with Gasteiger partial charge in [0.25, 0.3) is 11.5 Å². The second-order valence-electron chi connectivity index (χ2n) is 6.58. The van der Waals surface area contributed by atoms with Gasteiger partial charge in [0.2, 0.25) is 12.0 Å². The normalized spacial score (nSPS) is 14.9. The largest absolute Gasteiger partial charge is 0.485 e. The Hall–Kier alpha value is -4.08. The number of nitrogens with one attached hydrogen (secondary N) is 3. The smallest absolute Gasteiger partial charge is 0.328 e. The van der Waals surface area contributed by atoms with Gasteiger partial charge in [-0.05, 0) is 24.3 Å². The lowest BCUT2D eigenvalue weighted by Crippen LogP contribution is -2.51. The fraction of sp³-hybridized carbons (Fsp3) is 0.200. The van der Waals surface area contributed by atoms with Gasteiger partial charge in [0.05, 0.1) is 10.9 Å². The molecule has 0 saturated carbocycles. The molecule has 0 radical (unpaired) electrons. The van der Waals surface area contributed by atoms with Crippen LogP contribution < -0.4 is 31.6 Å². The highest BCUT2D eigenvalue weighted by atomic mass is 16.6. The summed E-state index contributed by atoms with van der Waals surface area (Å²) >= 11 is 0.